The van der Waals surface area contributed by atoms with E-state index in [4.69, 9.17) is 5.73 Å². The average molecular weight is 113 g/mol. The van der Waals surface area contributed by atoms with Crippen molar-refractivity contribution in [3.63, 3.8) is 0 Å². The largest absolute Gasteiger partial charge is 0.291 e. The lowest BCUT2D eigenvalue weighted by Gasteiger charge is -1.92. The van der Waals surface area contributed by atoms with Crippen LogP contribution in [0.2, 0.25) is 0 Å². The molecule has 2 radical (unpaired) electrons. The maximum atomic E-state index is 9.90. The minimum Gasteiger partial charge on any atom is -0.291 e. The first-order valence-electron chi connectivity index (χ1n) is 2.29. The Balaban J connectivity index is 3.38. The van der Waals surface area contributed by atoms with Crippen molar-refractivity contribution in [3.8, 4) is 0 Å². The fraction of sp³-hybridized carbons (Fsp3) is 0.600. The summed E-state index contributed by atoms with van der Waals surface area (Å²) in [5.74, 6) is -1.12. The Kier molecular flexibility index (Phi) is 2.84. The van der Waals surface area contributed by atoms with Gasteiger partial charge in [-0.3, -0.25) is 15.3 Å². The minimum absolute atomic E-state index is 0.0104. The van der Waals surface area contributed by atoms with Gasteiger partial charge in [0, 0.05) is 12.3 Å². The molecule has 0 bridgehead atoms. The summed E-state index contributed by atoms with van der Waals surface area (Å²) in [6.45, 7) is 1.56. The third-order valence-electron chi connectivity index (χ3n) is 0.693. The van der Waals surface area contributed by atoms with Crippen molar-refractivity contribution in [1.82, 2.24) is 5.73 Å². The highest BCUT2D eigenvalue weighted by molar-refractivity contribution is 5.76. The van der Waals surface area contributed by atoms with Crippen LogP contribution in [0.15, 0.2) is 0 Å². The number of hydrogen-bond acceptors (Lipinski definition) is 2. The zero-order chi connectivity index (χ0) is 6.57. The maximum Gasteiger partial charge on any atom is 0.239 e. The van der Waals surface area contributed by atoms with Gasteiger partial charge in [0.15, 0.2) is 0 Å². The first-order valence-corrected chi connectivity index (χ1v) is 2.29. The standard InChI is InChI=1S/C5H7NO2/c1-4(3-7)2-5(6)8/h4,6H,2H2,1H3. The molecule has 0 aliphatic rings. The SMILES string of the molecule is CC([C]=O)CC([NH])=O. The lowest BCUT2D eigenvalue weighted by Crippen LogP contribution is -2.05. The van der Waals surface area contributed by atoms with Crippen LogP contribution >= 0.6 is 0 Å². The Morgan fingerprint density at radius 1 is 1.88 bits per heavy atom. The molecule has 0 aliphatic heterocycles. The monoisotopic (exact) mass is 113 g/mol. The van der Waals surface area contributed by atoms with Crippen LogP contribution in [0.25, 0.3) is 0 Å². The van der Waals surface area contributed by atoms with Crippen molar-refractivity contribution in [2.75, 3.05) is 0 Å². The zero-order valence-electron chi connectivity index (χ0n) is 4.60. The van der Waals surface area contributed by atoms with Crippen LogP contribution in [0.3, 0.4) is 0 Å². The highest BCUT2D eigenvalue weighted by Crippen LogP contribution is 1.94. The fourth-order valence-electron chi connectivity index (χ4n) is 0.320. The predicted octanol–water partition coefficient (Wildman–Crippen LogP) is -0.0682. The molecule has 0 saturated heterocycles. The van der Waals surface area contributed by atoms with Gasteiger partial charge in [-0.25, -0.2) is 0 Å². The van der Waals surface area contributed by atoms with Crippen LogP contribution in [0.1, 0.15) is 13.3 Å². The van der Waals surface area contributed by atoms with Gasteiger partial charge in [0.2, 0.25) is 12.2 Å². The van der Waals surface area contributed by atoms with E-state index in [0.29, 0.717) is 0 Å². The second-order valence-electron chi connectivity index (χ2n) is 1.65. The number of amides is 1. The molecule has 0 aromatic carbocycles. The van der Waals surface area contributed by atoms with E-state index in [2.05, 4.69) is 0 Å². The minimum atomic E-state index is -0.708. The Bertz CT molecular complexity index is 101. The molecule has 0 aromatic rings. The number of nitrogens with one attached hydrogen (secondary N) is 1. The molecule has 1 N–H and O–H groups in total. The second-order valence-corrected chi connectivity index (χ2v) is 1.65. The van der Waals surface area contributed by atoms with Gasteiger partial charge in [0.25, 0.3) is 0 Å². The quantitative estimate of drug-likeness (QED) is 0.514. The summed E-state index contributed by atoms with van der Waals surface area (Å²) >= 11 is 0. The van der Waals surface area contributed by atoms with E-state index in [0.717, 1.165) is 0 Å². The molecule has 0 heterocycles. The summed E-state index contributed by atoms with van der Waals surface area (Å²) in [7, 11) is 0. The predicted molar refractivity (Wildman–Crippen MR) is 27.6 cm³/mol. The van der Waals surface area contributed by atoms with Gasteiger partial charge in [-0.1, -0.05) is 6.92 Å². The molecule has 0 fully saturated rings. The van der Waals surface area contributed by atoms with E-state index in [9.17, 15) is 9.59 Å². The van der Waals surface area contributed by atoms with Gasteiger partial charge >= 0.3 is 0 Å². The van der Waals surface area contributed by atoms with Gasteiger partial charge < -0.3 is 0 Å². The molecule has 0 aliphatic carbocycles. The Labute approximate surface area is 47.9 Å². The molecule has 0 rings (SSSR count). The number of carbonyl (C=O) groups is 1. The summed E-state index contributed by atoms with van der Waals surface area (Å²) in [4.78, 5) is 19.6. The molecule has 1 amide bonds. The molecule has 3 heteroatoms. The van der Waals surface area contributed by atoms with Gasteiger partial charge in [-0.05, 0) is 0 Å². The molecule has 0 spiro atoms. The molecule has 8 heavy (non-hydrogen) atoms. The molecule has 1 unspecified atom stereocenters. The Morgan fingerprint density at radius 2 is 2.38 bits per heavy atom. The molecule has 0 aromatic heterocycles. The van der Waals surface area contributed by atoms with Gasteiger partial charge in [0.05, 0.1) is 0 Å². The molecular weight excluding hydrogens is 106 g/mol. The summed E-state index contributed by atoms with van der Waals surface area (Å²) in [6.07, 6.45) is 1.60. The van der Waals surface area contributed by atoms with Crippen molar-refractivity contribution in [1.29, 1.82) is 0 Å². The Hall–Kier alpha value is -0.860. The fourth-order valence-corrected chi connectivity index (χ4v) is 0.320. The normalized spacial score (nSPS) is 12.6. The van der Waals surface area contributed by atoms with E-state index < -0.39 is 11.8 Å². The van der Waals surface area contributed by atoms with Gasteiger partial charge in [0.1, 0.15) is 0 Å². The molecule has 1 atom stereocenters. The van der Waals surface area contributed by atoms with E-state index >= 15 is 0 Å². The molecular formula is C5H7NO2. The molecule has 3 nitrogen and oxygen atoms in total. The van der Waals surface area contributed by atoms with E-state index in [1.807, 2.05) is 0 Å². The van der Waals surface area contributed by atoms with Crippen molar-refractivity contribution in [2.45, 2.75) is 13.3 Å². The van der Waals surface area contributed by atoms with Crippen LogP contribution in [0, 0.1) is 5.92 Å². The summed E-state index contributed by atoms with van der Waals surface area (Å²) in [5, 5.41) is 0. The van der Waals surface area contributed by atoms with Gasteiger partial charge in [-0.15, -0.1) is 0 Å². The summed E-state index contributed by atoms with van der Waals surface area (Å²) < 4.78 is 0. The van der Waals surface area contributed by atoms with E-state index in [1.54, 1.807) is 13.2 Å². The summed E-state index contributed by atoms with van der Waals surface area (Å²) in [5.41, 5.74) is 6.39. The van der Waals surface area contributed by atoms with E-state index in [1.165, 1.54) is 0 Å². The first-order chi connectivity index (χ1) is 3.66. The van der Waals surface area contributed by atoms with Crippen molar-refractivity contribution in [3.05, 3.63) is 0 Å². The first kappa shape index (κ1) is 7.14. The van der Waals surface area contributed by atoms with Crippen molar-refractivity contribution >= 4 is 12.2 Å². The average Bonchev–Trinajstić information content (AvgIpc) is 1.65. The Morgan fingerprint density at radius 3 is 2.50 bits per heavy atom. The van der Waals surface area contributed by atoms with Crippen LogP contribution in [-0.2, 0) is 9.59 Å². The molecule has 0 saturated carbocycles. The third kappa shape index (κ3) is 3.33. The number of hydrogen-bond donors (Lipinski definition) is 0. The third-order valence-corrected chi connectivity index (χ3v) is 0.693. The maximum absolute atomic E-state index is 9.90. The van der Waals surface area contributed by atoms with Crippen LogP contribution in [-0.4, -0.2) is 12.2 Å². The van der Waals surface area contributed by atoms with E-state index in [-0.39, 0.29) is 6.42 Å². The highest BCUT2D eigenvalue weighted by atomic mass is 16.1. The van der Waals surface area contributed by atoms with Crippen LogP contribution in [0.5, 0.6) is 0 Å². The second kappa shape index (κ2) is 3.18. The smallest absolute Gasteiger partial charge is 0.239 e. The summed E-state index contributed by atoms with van der Waals surface area (Å²) in [6, 6.07) is 0. The van der Waals surface area contributed by atoms with Crippen LogP contribution in [0.4, 0.5) is 0 Å². The topological polar surface area (TPSA) is 57.9 Å². The van der Waals surface area contributed by atoms with Crippen molar-refractivity contribution in [2.24, 2.45) is 5.92 Å². The van der Waals surface area contributed by atoms with Crippen LogP contribution < -0.4 is 5.73 Å². The number of rotatable bonds is 3. The molecule has 44 valence electrons. The highest BCUT2D eigenvalue weighted by Gasteiger charge is 2.03. The van der Waals surface area contributed by atoms with Gasteiger partial charge in [-0.2, -0.15) is 0 Å². The zero-order valence-corrected chi connectivity index (χ0v) is 4.60. The number of carbonyl (C=O) groups excluding carboxylic acids is 2. The lowest BCUT2D eigenvalue weighted by molar-refractivity contribution is -0.119. The lowest BCUT2D eigenvalue weighted by atomic mass is 10.1. The van der Waals surface area contributed by atoms with Crippen molar-refractivity contribution < 1.29 is 9.59 Å².